The van der Waals surface area contributed by atoms with E-state index < -0.39 is 5.97 Å². The number of aryl methyl sites for hydroxylation is 1. The maximum Gasteiger partial charge on any atom is 0.356 e. The van der Waals surface area contributed by atoms with Gasteiger partial charge in [-0.1, -0.05) is 26.0 Å². The maximum absolute atomic E-state index is 10.7. The first-order valence-corrected chi connectivity index (χ1v) is 6.33. The van der Waals surface area contributed by atoms with E-state index in [1.54, 1.807) is 0 Å². The highest BCUT2D eigenvalue weighted by Crippen LogP contribution is 2.27. The molecule has 2 aromatic rings. The lowest BCUT2D eigenvalue weighted by Crippen LogP contribution is -2.02. The highest BCUT2D eigenvalue weighted by atomic mass is 16.5. The van der Waals surface area contributed by atoms with Crippen LogP contribution in [0, 0.1) is 6.92 Å². The van der Waals surface area contributed by atoms with E-state index in [2.05, 4.69) is 30.1 Å². The van der Waals surface area contributed by atoms with Crippen molar-refractivity contribution in [3.8, 4) is 11.6 Å². The number of carboxylic acids is 1. The molecular formula is C15H16N2O3. The van der Waals surface area contributed by atoms with Gasteiger partial charge in [0.25, 0.3) is 0 Å². The van der Waals surface area contributed by atoms with Gasteiger partial charge in [0.2, 0.25) is 5.88 Å². The van der Waals surface area contributed by atoms with Crippen LogP contribution in [0.25, 0.3) is 0 Å². The molecule has 1 aromatic heterocycles. The summed E-state index contributed by atoms with van der Waals surface area (Å²) >= 11 is 0. The Morgan fingerprint density at radius 3 is 2.50 bits per heavy atom. The average molecular weight is 272 g/mol. The van der Waals surface area contributed by atoms with Gasteiger partial charge in [-0.3, -0.25) is 0 Å². The zero-order valence-corrected chi connectivity index (χ0v) is 11.6. The van der Waals surface area contributed by atoms with Gasteiger partial charge in [0, 0.05) is 6.07 Å². The molecule has 1 N–H and O–H groups in total. The molecule has 0 aliphatic rings. The third kappa shape index (κ3) is 3.12. The summed E-state index contributed by atoms with van der Waals surface area (Å²) in [6.07, 6.45) is 0. The fourth-order valence-corrected chi connectivity index (χ4v) is 1.69. The molecule has 0 aliphatic heterocycles. The minimum Gasteiger partial charge on any atom is -0.476 e. The molecule has 0 unspecified atom stereocenters. The van der Waals surface area contributed by atoms with Gasteiger partial charge >= 0.3 is 5.97 Å². The molecule has 0 spiro atoms. The number of nitrogens with zero attached hydrogens (tertiary/aromatic N) is 2. The molecule has 0 saturated carbocycles. The summed E-state index contributed by atoms with van der Waals surface area (Å²) in [6.45, 7) is 6.16. The van der Waals surface area contributed by atoms with Crippen molar-refractivity contribution in [3.63, 3.8) is 0 Å². The van der Waals surface area contributed by atoms with Crippen molar-refractivity contribution in [1.82, 2.24) is 10.2 Å². The standard InChI is InChI=1S/C15H16N2O3/c1-9(2)11-5-4-10(3)13(8-11)20-14-7-6-12(15(18)19)16-17-14/h4-9H,1-3H3,(H,18,19). The van der Waals surface area contributed by atoms with E-state index in [9.17, 15) is 4.79 Å². The first kappa shape index (κ1) is 14.0. The molecule has 5 heteroatoms. The smallest absolute Gasteiger partial charge is 0.356 e. The highest BCUT2D eigenvalue weighted by Gasteiger charge is 2.09. The van der Waals surface area contributed by atoms with Gasteiger partial charge in [0.15, 0.2) is 5.69 Å². The van der Waals surface area contributed by atoms with E-state index in [4.69, 9.17) is 9.84 Å². The molecule has 0 atom stereocenters. The van der Waals surface area contributed by atoms with Gasteiger partial charge in [-0.2, -0.15) is 0 Å². The quantitative estimate of drug-likeness (QED) is 0.923. The van der Waals surface area contributed by atoms with Crippen molar-refractivity contribution in [2.75, 3.05) is 0 Å². The van der Waals surface area contributed by atoms with E-state index in [0.717, 1.165) is 5.56 Å². The molecule has 104 valence electrons. The van der Waals surface area contributed by atoms with Gasteiger partial charge in [0.1, 0.15) is 5.75 Å². The molecule has 0 fully saturated rings. The monoisotopic (exact) mass is 272 g/mol. The third-order valence-corrected chi connectivity index (χ3v) is 2.95. The zero-order chi connectivity index (χ0) is 14.7. The first-order chi connectivity index (χ1) is 9.47. The van der Waals surface area contributed by atoms with Crippen LogP contribution in [-0.2, 0) is 0 Å². The molecule has 0 saturated heterocycles. The summed E-state index contributed by atoms with van der Waals surface area (Å²) in [5, 5.41) is 16.1. The second-order valence-corrected chi connectivity index (χ2v) is 4.84. The lowest BCUT2D eigenvalue weighted by Gasteiger charge is -2.11. The fourth-order valence-electron chi connectivity index (χ4n) is 1.69. The van der Waals surface area contributed by atoms with Gasteiger partial charge in [-0.05, 0) is 36.1 Å². The van der Waals surface area contributed by atoms with Crippen molar-refractivity contribution >= 4 is 5.97 Å². The van der Waals surface area contributed by atoms with Crippen LogP contribution in [0.2, 0.25) is 0 Å². The molecule has 5 nitrogen and oxygen atoms in total. The molecular weight excluding hydrogens is 256 g/mol. The number of hydrogen-bond donors (Lipinski definition) is 1. The Hall–Kier alpha value is -2.43. The second-order valence-electron chi connectivity index (χ2n) is 4.84. The van der Waals surface area contributed by atoms with E-state index in [1.165, 1.54) is 17.7 Å². The summed E-state index contributed by atoms with van der Waals surface area (Å²) in [5.41, 5.74) is 2.05. The normalized spacial score (nSPS) is 10.6. The predicted molar refractivity (Wildman–Crippen MR) is 74.3 cm³/mol. The Bertz CT molecular complexity index is 622. The zero-order valence-electron chi connectivity index (χ0n) is 11.6. The topological polar surface area (TPSA) is 72.3 Å². The largest absolute Gasteiger partial charge is 0.476 e. The van der Waals surface area contributed by atoms with Crippen molar-refractivity contribution in [1.29, 1.82) is 0 Å². The minimum atomic E-state index is -1.11. The molecule has 2 rings (SSSR count). The Morgan fingerprint density at radius 2 is 1.95 bits per heavy atom. The Labute approximate surface area is 117 Å². The minimum absolute atomic E-state index is 0.106. The van der Waals surface area contributed by atoms with Gasteiger partial charge in [-0.15, -0.1) is 10.2 Å². The Kier molecular flexibility index (Phi) is 3.98. The van der Waals surface area contributed by atoms with E-state index in [0.29, 0.717) is 11.7 Å². The van der Waals surface area contributed by atoms with Crippen LogP contribution >= 0.6 is 0 Å². The molecule has 0 amide bonds. The molecule has 0 bridgehead atoms. The second kappa shape index (κ2) is 5.69. The van der Waals surface area contributed by atoms with Crippen LogP contribution in [0.3, 0.4) is 0 Å². The summed E-state index contributed by atoms with van der Waals surface area (Å²) in [7, 11) is 0. The summed E-state index contributed by atoms with van der Waals surface area (Å²) < 4.78 is 5.67. The lowest BCUT2D eigenvalue weighted by molar-refractivity contribution is 0.0689. The van der Waals surface area contributed by atoms with Crippen LogP contribution in [0.4, 0.5) is 0 Å². The summed E-state index contributed by atoms with van der Waals surface area (Å²) in [5.74, 6) is 0.271. The maximum atomic E-state index is 10.7. The van der Waals surface area contributed by atoms with Crippen LogP contribution < -0.4 is 4.74 Å². The van der Waals surface area contributed by atoms with Crippen LogP contribution in [0.15, 0.2) is 30.3 Å². The molecule has 0 radical (unpaired) electrons. The number of hydrogen-bond acceptors (Lipinski definition) is 4. The van der Waals surface area contributed by atoms with Crippen molar-refractivity contribution in [3.05, 3.63) is 47.2 Å². The van der Waals surface area contributed by atoms with E-state index >= 15 is 0 Å². The van der Waals surface area contributed by atoms with Crippen LogP contribution in [0.5, 0.6) is 11.6 Å². The Morgan fingerprint density at radius 1 is 1.20 bits per heavy atom. The number of carbonyl (C=O) groups is 1. The Balaban J connectivity index is 2.25. The van der Waals surface area contributed by atoms with Gasteiger partial charge in [0.05, 0.1) is 0 Å². The SMILES string of the molecule is Cc1ccc(C(C)C)cc1Oc1ccc(C(=O)O)nn1. The first-order valence-electron chi connectivity index (χ1n) is 6.33. The summed E-state index contributed by atoms with van der Waals surface area (Å²) in [4.78, 5) is 10.7. The van der Waals surface area contributed by atoms with Crippen molar-refractivity contribution in [2.45, 2.75) is 26.7 Å². The van der Waals surface area contributed by atoms with Gasteiger partial charge in [-0.25, -0.2) is 4.79 Å². The number of benzene rings is 1. The summed E-state index contributed by atoms with van der Waals surface area (Å²) in [6, 6.07) is 8.88. The van der Waals surface area contributed by atoms with Gasteiger partial charge < -0.3 is 9.84 Å². The number of carboxylic acid groups (broad SMARTS) is 1. The van der Waals surface area contributed by atoms with E-state index in [-0.39, 0.29) is 11.6 Å². The molecule has 20 heavy (non-hydrogen) atoms. The number of aromatic carboxylic acids is 1. The fraction of sp³-hybridized carbons (Fsp3) is 0.267. The predicted octanol–water partition coefficient (Wildman–Crippen LogP) is 3.40. The third-order valence-electron chi connectivity index (χ3n) is 2.95. The number of aromatic nitrogens is 2. The molecule has 0 aliphatic carbocycles. The number of rotatable bonds is 4. The van der Waals surface area contributed by atoms with Crippen LogP contribution in [-0.4, -0.2) is 21.3 Å². The van der Waals surface area contributed by atoms with Crippen LogP contribution in [0.1, 0.15) is 41.4 Å². The van der Waals surface area contributed by atoms with E-state index in [1.807, 2.05) is 19.1 Å². The van der Waals surface area contributed by atoms with Crippen molar-refractivity contribution in [2.24, 2.45) is 0 Å². The molecule has 1 heterocycles. The average Bonchev–Trinajstić information content (AvgIpc) is 2.41. The van der Waals surface area contributed by atoms with Crippen molar-refractivity contribution < 1.29 is 14.6 Å². The lowest BCUT2D eigenvalue weighted by atomic mass is 10.0. The molecule has 1 aromatic carbocycles. The highest BCUT2D eigenvalue weighted by molar-refractivity contribution is 5.84. The number of ether oxygens (including phenoxy) is 1.